The van der Waals surface area contributed by atoms with E-state index in [4.69, 9.17) is 9.47 Å². The van der Waals surface area contributed by atoms with Crippen molar-refractivity contribution in [3.05, 3.63) is 35.3 Å². The van der Waals surface area contributed by atoms with Crippen LogP contribution < -0.4 is 0 Å². The fourth-order valence-electron chi connectivity index (χ4n) is 4.16. The maximum Gasteiger partial charge on any atom is 0.307 e. The van der Waals surface area contributed by atoms with E-state index in [1.54, 1.807) is 13.0 Å². The number of rotatable bonds is 15. The Kier molecular flexibility index (Phi) is 10.9. The number of Topliss-reactive ketones (excluding diaryl/α,β-unsaturated/α-hetero) is 1. The minimum absolute atomic E-state index is 0.221. The van der Waals surface area contributed by atoms with Gasteiger partial charge in [-0.2, -0.15) is 0 Å². The Balaban J connectivity index is 1.59. The first-order valence-electron chi connectivity index (χ1n) is 12.5. The number of hydrogen-bond donors (Lipinski definition) is 0. The van der Waals surface area contributed by atoms with E-state index in [-0.39, 0.29) is 12.0 Å². The van der Waals surface area contributed by atoms with Crippen molar-refractivity contribution in [2.24, 2.45) is 0 Å². The molecule has 0 fully saturated rings. The summed E-state index contributed by atoms with van der Waals surface area (Å²) in [5, 5.41) is 0. The minimum atomic E-state index is -1.80. The van der Waals surface area contributed by atoms with Crippen LogP contribution in [0.3, 0.4) is 0 Å². The van der Waals surface area contributed by atoms with Gasteiger partial charge in [-0.05, 0) is 38.0 Å². The second-order valence-corrected chi connectivity index (χ2v) is 9.20. The fourth-order valence-corrected chi connectivity index (χ4v) is 4.16. The molecule has 1 aliphatic heterocycles. The van der Waals surface area contributed by atoms with Gasteiger partial charge in [-0.15, -0.1) is 0 Å². The van der Waals surface area contributed by atoms with E-state index in [0.29, 0.717) is 17.8 Å². The first-order chi connectivity index (χ1) is 15.4. The Hall–Kier alpha value is -2.17. The van der Waals surface area contributed by atoms with Gasteiger partial charge in [-0.1, -0.05) is 84.0 Å². The maximum absolute atomic E-state index is 12.8. The van der Waals surface area contributed by atoms with Crippen LogP contribution in [0.4, 0.5) is 0 Å². The average Bonchev–Trinajstić information content (AvgIpc) is 2.75. The van der Waals surface area contributed by atoms with Gasteiger partial charge in [0.1, 0.15) is 12.0 Å². The van der Waals surface area contributed by atoms with Gasteiger partial charge < -0.3 is 9.47 Å². The van der Waals surface area contributed by atoms with Crippen LogP contribution >= 0.6 is 0 Å². The van der Waals surface area contributed by atoms with E-state index in [1.165, 1.54) is 83.5 Å². The lowest BCUT2D eigenvalue weighted by atomic mass is 9.80. The third-order valence-electron chi connectivity index (χ3n) is 6.27. The van der Waals surface area contributed by atoms with Crippen LogP contribution in [0.25, 0.3) is 0 Å². The van der Waals surface area contributed by atoms with Crippen molar-refractivity contribution < 1.29 is 23.9 Å². The molecule has 0 aromatic rings. The predicted molar refractivity (Wildman–Crippen MR) is 126 cm³/mol. The monoisotopic (exact) mass is 444 g/mol. The highest BCUT2D eigenvalue weighted by Gasteiger charge is 2.49. The molecule has 0 aromatic carbocycles. The molecule has 0 N–H and O–H groups in total. The van der Waals surface area contributed by atoms with Crippen LogP contribution in [0.1, 0.15) is 111 Å². The summed E-state index contributed by atoms with van der Waals surface area (Å²) in [7, 11) is 0. The molecule has 0 unspecified atom stereocenters. The number of carbonyl (C=O) groups excluding carboxylic acids is 3. The van der Waals surface area contributed by atoms with Crippen LogP contribution in [0.5, 0.6) is 0 Å². The number of carbonyl (C=O) groups is 3. The van der Waals surface area contributed by atoms with E-state index in [9.17, 15) is 14.4 Å². The molecule has 1 heterocycles. The van der Waals surface area contributed by atoms with Gasteiger partial charge in [0.15, 0.2) is 0 Å². The molecular weight excluding hydrogens is 404 g/mol. The summed E-state index contributed by atoms with van der Waals surface area (Å²) < 4.78 is 10.7. The van der Waals surface area contributed by atoms with Crippen LogP contribution in [-0.4, -0.2) is 23.1 Å². The lowest BCUT2D eigenvalue weighted by molar-refractivity contribution is -0.169. The van der Waals surface area contributed by atoms with Crippen LogP contribution in [0.2, 0.25) is 0 Å². The largest absolute Gasteiger partial charge is 0.469 e. The standard InChI is InChI=1S/C27H40O5/c1-4-5-6-7-8-9-10-11-12-13-14-15-16-17-25(29)32-27(3)24(28)19-22-18-21(2)31-20-23(22)26(27)30/h18-20H,4-17H2,1-3H3/t27-/m1/s1. The molecule has 5 nitrogen and oxygen atoms in total. The first-order valence-corrected chi connectivity index (χ1v) is 12.5. The molecule has 1 aliphatic carbocycles. The van der Waals surface area contributed by atoms with Gasteiger partial charge in [-0.25, -0.2) is 0 Å². The number of unbranched alkanes of at least 4 members (excludes halogenated alkanes) is 12. The van der Waals surface area contributed by atoms with Crippen molar-refractivity contribution in [3.63, 3.8) is 0 Å². The van der Waals surface area contributed by atoms with Crippen molar-refractivity contribution in [1.82, 2.24) is 0 Å². The van der Waals surface area contributed by atoms with E-state index >= 15 is 0 Å². The fraction of sp³-hybridized carbons (Fsp3) is 0.667. The number of allylic oxidation sites excluding steroid dienone is 3. The number of ether oxygens (including phenoxy) is 2. The Morgan fingerprint density at radius 1 is 0.875 bits per heavy atom. The summed E-state index contributed by atoms with van der Waals surface area (Å²) in [6, 6.07) is 0. The summed E-state index contributed by atoms with van der Waals surface area (Å²) in [6.07, 6.45) is 20.5. The number of ketones is 2. The first kappa shape index (κ1) is 26.1. The lowest BCUT2D eigenvalue weighted by Gasteiger charge is -2.31. The van der Waals surface area contributed by atoms with E-state index in [0.717, 1.165) is 12.8 Å². The van der Waals surface area contributed by atoms with Crippen LogP contribution in [-0.2, 0) is 23.9 Å². The zero-order chi connectivity index (χ0) is 23.4. The van der Waals surface area contributed by atoms with Gasteiger partial charge in [0.05, 0.1) is 5.57 Å². The molecule has 0 spiro atoms. The number of esters is 1. The zero-order valence-electron chi connectivity index (χ0n) is 20.2. The second-order valence-electron chi connectivity index (χ2n) is 9.20. The molecule has 0 amide bonds. The molecule has 0 saturated carbocycles. The van der Waals surface area contributed by atoms with Crippen molar-refractivity contribution in [1.29, 1.82) is 0 Å². The molecule has 32 heavy (non-hydrogen) atoms. The molecule has 2 aliphatic rings. The van der Waals surface area contributed by atoms with Gasteiger partial charge in [0, 0.05) is 6.42 Å². The third kappa shape index (κ3) is 7.75. The summed E-state index contributed by atoms with van der Waals surface area (Å²) in [5.74, 6) is -0.927. The third-order valence-corrected chi connectivity index (χ3v) is 6.27. The summed E-state index contributed by atoms with van der Waals surface area (Å²) in [6.45, 7) is 5.36. The average molecular weight is 445 g/mol. The highest BCUT2D eigenvalue weighted by molar-refractivity contribution is 6.26. The topological polar surface area (TPSA) is 69.7 Å². The van der Waals surface area contributed by atoms with Crippen molar-refractivity contribution >= 4 is 17.5 Å². The van der Waals surface area contributed by atoms with Crippen molar-refractivity contribution in [3.8, 4) is 0 Å². The van der Waals surface area contributed by atoms with Crippen LogP contribution in [0, 0.1) is 0 Å². The molecule has 5 heteroatoms. The van der Waals surface area contributed by atoms with Crippen LogP contribution in [0.15, 0.2) is 35.3 Å². The Bertz CT molecular complexity index is 758. The van der Waals surface area contributed by atoms with E-state index in [1.807, 2.05) is 0 Å². The van der Waals surface area contributed by atoms with Crippen molar-refractivity contribution in [2.75, 3.05) is 0 Å². The second kappa shape index (κ2) is 13.4. The summed E-state index contributed by atoms with van der Waals surface area (Å²) in [5.41, 5.74) is -1.02. The van der Waals surface area contributed by atoms with Gasteiger partial charge in [-0.3, -0.25) is 14.4 Å². The predicted octanol–water partition coefficient (Wildman–Crippen LogP) is 6.67. The van der Waals surface area contributed by atoms with Gasteiger partial charge >= 0.3 is 5.97 Å². The minimum Gasteiger partial charge on any atom is -0.469 e. The zero-order valence-corrected chi connectivity index (χ0v) is 20.2. The normalized spacial score (nSPS) is 20.2. The molecular formula is C27H40O5. The lowest BCUT2D eigenvalue weighted by Crippen LogP contribution is -2.50. The molecule has 1 atom stereocenters. The summed E-state index contributed by atoms with van der Waals surface area (Å²) >= 11 is 0. The molecule has 0 saturated heterocycles. The van der Waals surface area contributed by atoms with Gasteiger partial charge in [0.2, 0.25) is 17.2 Å². The highest BCUT2D eigenvalue weighted by Crippen LogP contribution is 2.33. The maximum atomic E-state index is 12.8. The number of fused-ring (bicyclic) bond motifs is 1. The highest BCUT2D eigenvalue weighted by atomic mass is 16.6. The van der Waals surface area contributed by atoms with Gasteiger partial charge in [0.25, 0.3) is 0 Å². The molecule has 0 radical (unpaired) electrons. The summed E-state index contributed by atoms with van der Waals surface area (Å²) in [4.78, 5) is 37.7. The smallest absolute Gasteiger partial charge is 0.307 e. The number of hydrogen-bond acceptors (Lipinski definition) is 5. The Labute approximate surface area is 193 Å². The molecule has 2 rings (SSSR count). The van der Waals surface area contributed by atoms with E-state index < -0.39 is 23.1 Å². The Morgan fingerprint density at radius 2 is 1.41 bits per heavy atom. The molecule has 0 aromatic heterocycles. The van der Waals surface area contributed by atoms with E-state index in [2.05, 4.69) is 6.92 Å². The SMILES string of the molecule is CCCCCCCCCCCCCCCC(=O)O[C@]1(C)C(=O)C=C2C=C(C)OC=C2C1=O. The quantitative estimate of drug-likeness (QED) is 0.160. The Morgan fingerprint density at radius 3 is 1.97 bits per heavy atom. The molecule has 178 valence electrons. The van der Waals surface area contributed by atoms with Crippen molar-refractivity contribution in [2.45, 2.75) is 116 Å². The molecule has 0 bridgehead atoms.